The van der Waals surface area contributed by atoms with Gasteiger partial charge in [0.05, 0.1) is 31.1 Å². The highest BCUT2D eigenvalue weighted by atomic mass is 35.5. The summed E-state index contributed by atoms with van der Waals surface area (Å²) in [6, 6.07) is 10.4. The number of nitrogens with zero attached hydrogens (tertiary/aromatic N) is 4. The highest BCUT2D eigenvalue weighted by Crippen LogP contribution is 2.29. The van der Waals surface area contributed by atoms with Gasteiger partial charge in [-0.15, -0.1) is 0 Å². The molecule has 5 rings (SSSR count). The molecule has 8 heteroatoms. The number of halogens is 2. The van der Waals surface area contributed by atoms with Crippen LogP contribution in [0.15, 0.2) is 49.2 Å². The molecule has 0 unspecified atom stereocenters. The summed E-state index contributed by atoms with van der Waals surface area (Å²) >= 11 is 5.83. The Bertz CT molecular complexity index is 1170. The predicted molar refractivity (Wildman–Crippen MR) is 134 cm³/mol. The van der Waals surface area contributed by atoms with E-state index in [1.807, 2.05) is 24.4 Å². The Hall–Kier alpha value is -2.74. The molecule has 2 aliphatic rings. The summed E-state index contributed by atoms with van der Waals surface area (Å²) in [5.74, 6) is 1.57. The van der Waals surface area contributed by atoms with Gasteiger partial charge >= 0.3 is 0 Å². The molecule has 0 bridgehead atoms. The molecule has 2 fully saturated rings. The molecular weight excluding hydrogens is 467 g/mol. The van der Waals surface area contributed by atoms with Crippen molar-refractivity contribution in [1.82, 2.24) is 19.4 Å². The van der Waals surface area contributed by atoms with Gasteiger partial charge in [0.15, 0.2) is 0 Å². The molecule has 4 heterocycles. The maximum atomic E-state index is 14.0. The molecule has 0 amide bonds. The van der Waals surface area contributed by atoms with Gasteiger partial charge in [-0.05, 0) is 56.6 Å². The van der Waals surface area contributed by atoms with Gasteiger partial charge in [0, 0.05) is 34.9 Å². The molecule has 2 aliphatic heterocycles. The molecule has 1 aromatic carbocycles. The second-order valence-corrected chi connectivity index (χ2v) is 9.61. The van der Waals surface area contributed by atoms with Crippen molar-refractivity contribution in [1.29, 1.82) is 0 Å². The SMILES string of the molecule is C=Cc1cnc(CN2CCC(c3cccc(OCc4ccc(Cl)cc4F)n3)CC2)n1C[C@@H]1CCO1. The molecule has 35 heavy (non-hydrogen) atoms. The van der Waals surface area contributed by atoms with Crippen LogP contribution in [-0.2, 0) is 24.4 Å². The van der Waals surface area contributed by atoms with Crippen LogP contribution in [0.3, 0.4) is 0 Å². The number of likely N-dealkylation sites (tertiary alicyclic amines) is 1. The molecule has 3 aromatic rings. The lowest BCUT2D eigenvalue weighted by Crippen LogP contribution is -2.35. The third kappa shape index (κ3) is 5.74. The van der Waals surface area contributed by atoms with Gasteiger partial charge in [-0.3, -0.25) is 4.90 Å². The van der Waals surface area contributed by atoms with Crippen LogP contribution in [0, 0.1) is 5.82 Å². The molecule has 0 N–H and O–H groups in total. The van der Waals surface area contributed by atoms with Crippen molar-refractivity contribution in [3.63, 3.8) is 0 Å². The molecule has 1 atom stereocenters. The van der Waals surface area contributed by atoms with Crippen LogP contribution in [0.5, 0.6) is 5.88 Å². The van der Waals surface area contributed by atoms with Crippen molar-refractivity contribution in [2.45, 2.75) is 51.0 Å². The number of rotatable bonds is 9. The number of benzene rings is 1. The Morgan fingerprint density at radius 1 is 1.20 bits per heavy atom. The van der Waals surface area contributed by atoms with E-state index in [4.69, 9.17) is 26.1 Å². The first kappa shape index (κ1) is 24.0. The Kier molecular flexibility index (Phi) is 7.46. The monoisotopic (exact) mass is 496 g/mol. The Morgan fingerprint density at radius 2 is 2.03 bits per heavy atom. The molecule has 2 aromatic heterocycles. The molecular formula is C27H30ClFN4O2. The van der Waals surface area contributed by atoms with E-state index in [9.17, 15) is 4.39 Å². The summed E-state index contributed by atoms with van der Waals surface area (Å²) in [7, 11) is 0. The predicted octanol–water partition coefficient (Wildman–Crippen LogP) is 5.46. The minimum absolute atomic E-state index is 0.114. The Balaban J connectivity index is 1.16. The largest absolute Gasteiger partial charge is 0.473 e. The maximum absolute atomic E-state index is 14.0. The second-order valence-electron chi connectivity index (χ2n) is 9.17. The fourth-order valence-electron chi connectivity index (χ4n) is 4.68. The average Bonchev–Trinajstić information content (AvgIpc) is 3.22. The number of aromatic nitrogens is 3. The summed E-state index contributed by atoms with van der Waals surface area (Å²) in [5, 5.41) is 0.371. The van der Waals surface area contributed by atoms with Crippen molar-refractivity contribution in [2.75, 3.05) is 19.7 Å². The van der Waals surface area contributed by atoms with Gasteiger partial charge in [0.1, 0.15) is 18.2 Å². The van der Waals surface area contributed by atoms with Crippen LogP contribution in [0.25, 0.3) is 6.08 Å². The zero-order valence-corrected chi connectivity index (χ0v) is 20.5. The van der Waals surface area contributed by atoms with E-state index in [0.717, 1.165) is 69.3 Å². The van der Waals surface area contributed by atoms with Crippen molar-refractivity contribution >= 4 is 17.7 Å². The number of hydrogen-bond acceptors (Lipinski definition) is 5. The molecule has 184 valence electrons. The third-order valence-electron chi connectivity index (χ3n) is 6.86. The van der Waals surface area contributed by atoms with E-state index >= 15 is 0 Å². The first-order valence-electron chi connectivity index (χ1n) is 12.1. The van der Waals surface area contributed by atoms with Crippen LogP contribution in [-0.4, -0.2) is 45.2 Å². The van der Waals surface area contributed by atoms with Crippen LogP contribution < -0.4 is 4.74 Å². The van der Waals surface area contributed by atoms with Gasteiger partial charge in [-0.25, -0.2) is 14.4 Å². The lowest BCUT2D eigenvalue weighted by Gasteiger charge is -2.32. The van der Waals surface area contributed by atoms with Gasteiger partial charge in [-0.2, -0.15) is 0 Å². The van der Waals surface area contributed by atoms with E-state index in [0.29, 0.717) is 22.4 Å². The fraction of sp³-hybridized carbons (Fsp3) is 0.407. The highest BCUT2D eigenvalue weighted by molar-refractivity contribution is 6.30. The zero-order chi connectivity index (χ0) is 24.2. The summed E-state index contributed by atoms with van der Waals surface area (Å²) < 4.78 is 27.7. The summed E-state index contributed by atoms with van der Waals surface area (Å²) in [6.07, 6.45) is 7.18. The van der Waals surface area contributed by atoms with Gasteiger partial charge in [0.25, 0.3) is 0 Å². The standard InChI is InChI=1S/C27H30ClFN4O2/c1-2-22-15-30-26(33(22)16-23-10-13-34-23)17-32-11-8-19(9-12-32)25-4-3-5-27(31-25)35-18-20-6-7-21(28)14-24(20)29/h2-7,14-15,19,23H,1,8-13,16-18H2/t23-/m0/s1. The molecule has 6 nitrogen and oxygen atoms in total. The Morgan fingerprint density at radius 3 is 2.74 bits per heavy atom. The van der Waals surface area contributed by atoms with Crippen molar-refractivity contribution in [3.8, 4) is 5.88 Å². The molecule has 0 spiro atoms. The lowest BCUT2D eigenvalue weighted by molar-refractivity contribution is -0.0598. The first-order valence-corrected chi connectivity index (χ1v) is 12.5. The van der Waals surface area contributed by atoms with Crippen molar-refractivity contribution in [3.05, 3.63) is 82.8 Å². The van der Waals surface area contributed by atoms with Crippen LogP contribution in [0.2, 0.25) is 5.02 Å². The topological polar surface area (TPSA) is 52.4 Å². The number of hydrogen-bond donors (Lipinski definition) is 0. The summed E-state index contributed by atoms with van der Waals surface area (Å²) in [6.45, 7) is 8.51. The minimum atomic E-state index is -0.373. The minimum Gasteiger partial charge on any atom is -0.473 e. The average molecular weight is 497 g/mol. The summed E-state index contributed by atoms with van der Waals surface area (Å²) in [4.78, 5) is 11.8. The smallest absolute Gasteiger partial charge is 0.213 e. The second kappa shape index (κ2) is 10.9. The number of imidazole rings is 1. The van der Waals surface area contributed by atoms with Gasteiger partial charge in [-0.1, -0.05) is 30.3 Å². The maximum Gasteiger partial charge on any atom is 0.213 e. The fourth-order valence-corrected chi connectivity index (χ4v) is 4.84. The lowest BCUT2D eigenvalue weighted by atomic mass is 9.93. The van der Waals surface area contributed by atoms with Crippen molar-refractivity contribution in [2.24, 2.45) is 0 Å². The summed E-state index contributed by atoms with van der Waals surface area (Å²) in [5.41, 5.74) is 2.53. The van der Waals surface area contributed by atoms with Crippen LogP contribution >= 0.6 is 11.6 Å². The van der Waals surface area contributed by atoms with E-state index < -0.39 is 0 Å². The number of pyridine rings is 1. The van der Waals surface area contributed by atoms with E-state index in [2.05, 4.69) is 27.1 Å². The van der Waals surface area contributed by atoms with E-state index in [1.165, 1.54) is 6.07 Å². The molecule has 2 saturated heterocycles. The molecule has 0 saturated carbocycles. The van der Waals surface area contributed by atoms with Crippen LogP contribution in [0.4, 0.5) is 4.39 Å². The van der Waals surface area contributed by atoms with Crippen LogP contribution in [0.1, 0.15) is 48.0 Å². The van der Waals surface area contributed by atoms with Gasteiger partial charge < -0.3 is 14.0 Å². The zero-order valence-electron chi connectivity index (χ0n) is 19.7. The normalized spacial score (nSPS) is 18.9. The number of piperidine rings is 1. The highest BCUT2D eigenvalue weighted by Gasteiger charge is 2.25. The quantitative estimate of drug-likeness (QED) is 0.393. The van der Waals surface area contributed by atoms with Gasteiger partial charge in [0.2, 0.25) is 5.88 Å². The third-order valence-corrected chi connectivity index (χ3v) is 7.10. The van der Waals surface area contributed by atoms with Crippen molar-refractivity contribution < 1.29 is 13.9 Å². The molecule has 0 aliphatic carbocycles. The molecule has 0 radical (unpaired) electrons. The van der Waals surface area contributed by atoms with E-state index in [-0.39, 0.29) is 18.5 Å². The Labute approximate surface area is 210 Å². The van der Waals surface area contributed by atoms with E-state index in [1.54, 1.807) is 12.1 Å². The first-order chi connectivity index (χ1) is 17.1. The number of ether oxygens (including phenoxy) is 2.